The Balaban J connectivity index is 1.94. The molecule has 0 aliphatic heterocycles. The second-order valence-corrected chi connectivity index (χ2v) is 6.40. The summed E-state index contributed by atoms with van der Waals surface area (Å²) in [5.41, 5.74) is 0. The molecule has 0 saturated heterocycles. The standard InChI is InChI=1S/C17H26NO2/c1-13(2)15-8-7-14(3)11-16(15)20-17(19)12-18-9-5-4-6-10-18/h4-6,9-10,13-16H,7-8,11-12H2,1-3H3/q+1/t14-,15+,16-/m1/s1. The highest BCUT2D eigenvalue weighted by Gasteiger charge is 2.33. The molecule has 1 aliphatic rings. The van der Waals surface area contributed by atoms with Crippen molar-refractivity contribution < 1.29 is 14.1 Å². The molecule has 1 heterocycles. The van der Waals surface area contributed by atoms with Crippen molar-refractivity contribution in [3.05, 3.63) is 30.6 Å². The highest BCUT2D eigenvalue weighted by atomic mass is 16.5. The lowest BCUT2D eigenvalue weighted by molar-refractivity contribution is -0.686. The Morgan fingerprint density at radius 1 is 1.25 bits per heavy atom. The van der Waals surface area contributed by atoms with E-state index >= 15 is 0 Å². The summed E-state index contributed by atoms with van der Waals surface area (Å²) in [6, 6.07) is 5.79. The van der Waals surface area contributed by atoms with Gasteiger partial charge in [0.2, 0.25) is 6.54 Å². The first-order valence-corrected chi connectivity index (χ1v) is 7.70. The van der Waals surface area contributed by atoms with Gasteiger partial charge in [-0.05, 0) is 30.6 Å². The Bertz CT molecular complexity index is 430. The molecule has 1 saturated carbocycles. The molecule has 2 rings (SSSR count). The number of esters is 1. The maximum Gasteiger partial charge on any atom is 0.372 e. The van der Waals surface area contributed by atoms with Crippen molar-refractivity contribution in [1.82, 2.24) is 0 Å². The fraction of sp³-hybridized carbons (Fsp3) is 0.647. The number of aromatic nitrogens is 1. The number of carbonyl (C=O) groups excluding carboxylic acids is 1. The van der Waals surface area contributed by atoms with E-state index in [0.717, 1.165) is 6.42 Å². The third-order valence-corrected chi connectivity index (χ3v) is 4.33. The largest absolute Gasteiger partial charge is 0.457 e. The first-order valence-electron chi connectivity index (χ1n) is 7.70. The minimum atomic E-state index is -0.119. The molecule has 0 amide bonds. The summed E-state index contributed by atoms with van der Waals surface area (Å²) in [6.45, 7) is 7.01. The van der Waals surface area contributed by atoms with Crippen molar-refractivity contribution in [3.63, 3.8) is 0 Å². The zero-order valence-corrected chi connectivity index (χ0v) is 12.8. The van der Waals surface area contributed by atoms with Crippen LogP contribution in [0, 0.1) is 17.8 Å². The smallest absolute Gasteiger partial charge is 0.372 e. The van der Waals surface area contributed by atoms with Crippen LogP contribution in [0.4, 0.5) is 0 Å². The molecule has 0 spiro atoms. The van der Waals surface area contributed by atoms with Crippen LogP contribution in [0.15, 0.2) is 30.6 Å². The van der Waals surface area contributed by atoms with E-state index in [-0.39, 0.29) is 12.1 Å². The molecular weight excluding hydrogens is 250 g/mol. The molecule has 1 aromatic rings. The third kappa shape index (κ3) is 4.06. The third-order valence-electron chi connectivity index (χ3n) is 4.33. The van der Waals surface area contributed by atoms with Gasteiger partial charge in [-0.2, -0.15) is 4.57 Å². The molecule has 110 valence electrons. The van der Waals surface area contributed by atoms with Gasteiger partial charge >= 0.3 is 5.97 Å². The number of hydrogen-bond donors (Lipinski definition) is 0. The van der Waals surface area contributed by atoms with Crippen LogP contribution in [-0.2, 0) is 16.1 Å². The van der Waals surface area contributed by atoms with Crippen LogP contribution >= 0.6 is 0 Å². The van der Waals surface area contributed by atoms with Crippen LogP contribution in [0.3, 0.4) is 0 Å². The monoisotopic (exact) mass is 276 g/mol. The lowest BCUT2D eigenvalue weighted by Gasteiger charge is -2.36. The topological polar surface area (TPSA) is 30.2 Å². The SMILES string of the molecule is CC(C)[C@@H]1CC[C@@H](C)C[C@H]1OC(=O)C[n+]1ccccc1. The normalized spacial score (nSPS) is 26.5. The number of carbonyl (C=O) groups is 1. The van der Waals surface area contributed by atoms with Gasteiger partial charge in [0.15, 0.2) is 12.4 Å². The lowest BCUT2D eigenvalue weighted by atomic mass is 9.75. The summed E-state index contributed by atoms with van der Waals surface area (Å²) < 4.78 is 7.64. The van der Waals surface area contributed by atoms with E-state index in [9.17, 15) is 4.79 Å². The second-order valence-electron chi connectivity index (χ2n) is 6.40. The molecule has 20 heavy (non-hydrogen) atoms. The molecule has 0 aromatic carbocycles. The van der Waals surface area contributed by atoms with Crippen molar-refractivity contribution in [3.8, 4) is 0 Å². The van der Waals surface area contributed by atoms with E-state index < -0.39 is 0 Å². The van der Waals surface area contributed by atoms with Gasteiger partial charge in [0.05, 0.1) is 0 Å². The number of nitrogens with zero attached hydrogens (tertiary/aromatic N) is 1. The quantitative estimate of drug-likeness (QED) is 0.625. The minimum Gasteiger partial charge on any atom is -0.457 e. The van der Waals surface area contributed by atoms with E-state index in [2.05, 4.69) is 20.8 Å². The molecular formula is C17H26NO2+. The van der Waals surface area contributed by atoms with E-state index in [4.69, 9.17) is 4.74 Å². The number of hydrogen-bond acceptors (Lipinski definition) is 2. The average Bonchev–Trinajstić information content (AvgIpc) is 2.39. The van der Waals surface area contributed by atoms with Gasteiger partial charge in [-0.3, -0.25) is 0 Å². The molecule has 1 aromatic heterocycles. The summed E-state index contributed by atoms with van der Waals surface area (Å²) in [7, 11) is 0. The fourth-order valence-corrected chi connectivity index (χ4v) is 3.15. The predicted molar refractivity (Wildman–Crippen MR) is 77.9 cm³/mol. The highest BCUT2D eigenvalue weighted by molar-refractivity contribution is 5.67. The molecule has 1 aliphatic carbocycles. The summed E-state index contributed by atoms with van der Waals surface area (Å²) in [5.74, 6) is 1.62. The van der Waals surface area contributed by atoms with Crippen LogP contribution < -0.4 is 4.57 Å². The van der Waals surface area contributed by atoms with Crippen LogP contribution in [0.2, 0.25) is 0 Å². The Hall–Kier alpha value is -1.38. The maximum absolute atomic E-state index is 12.1. The molecule has 3 nitrogen and oxygen atoms in total. The minimum absolute atomic E-state index is 0.0931. The van der Waals surface area contributed by atoms with Crippen molar-refractivity contribution in [1.29, 1.82) is 0 Å². The summed E-state index contributed by atoms with van der Waals surface area (Å²) in [6.07, 6.45) is 7.32. The first-order chi connectivity index (χ1) is 9.56. The van der Waals surface area contributed by atoms with Crippen LogP contribution in [-0.4, -0.2) is 12.1 Å². The van der Waals surface area contributed by atoms with Crippen molar-refractivity contribution in [2.45, 2.75) is 52.7 Å². The lowest BCUT2D eigenvalue weighted by Crippen LogP contribution is -2.42. The van der Waals surface area contributed by atoms with E-state index in [1.807, 2.05) is 35.2 Å². The fourth-order valence-electron chi connectivity index (χ4n) is 3.15. The van der Waals surface area contributed by atoms with Gasteiger partial charge in [-0.25, -0.2) is 4.79 Å². The first kappa shape index (κ1) is 15.0. The van der Waals surface area contributed by atoms with Crippen molar-refractivity contribution in [2.24, 2.45) is 17.8 Å². The van der Waals surface area contributed by atoms with Crippen LogP contribution in [0.25, 0.3) is 0 Å². The molecule has 3 heteroatoms. The summed E-state index contributed by atoms with van der Waals surface area (Å²) >= 11 is 0. The van der Waals surface area contributed by atoms with Gasteiger partial charge in [0, 0.05) is 12.1 Å². The summed E-state index contributed by atoms with van der Waals surface area (Å²) in [4.78, 5) is 12.1. The molecule has 0 N–H and O–H groups in total. The van der Waals surface area contributed by atoms with Gasteiger partial charge in [-0.15, -0.1) is 0 Å². The Labute approximate surface area is 122 Å². The molecule has 1 fully saturated rings. The number of rotatable bonds is 4. The van der Waals surface area contributed by atoms with Gasteiger partial charge in [0.1, 0.15) is 6.10 Å². The van der Waals surface area contributed by atoms with Gasteiger partial charge < -0.3 is 4.74 Å². The zero-order chi connectivity index (χ0) is 14.5. The van der Waals surface area contributed by atoms with E-state index in [1.165, 1.54) is 12.8 Å². The summed E-state index contributed by atoms with van der Waals surface area (Å²) in [5, 5.41) is 0. The Morgan fingerprint density at radius 3 is 2.60 bits per heavy atom. The molecule has 0 radical (unpaired) electrons. The zero-order valence-electron chi connectivity index (χ0n) is 12.8. The van der Waals surface area contributed by atoms with Crippen molar-refractivity contribution in [2.75, 3.05) is 0 Å². The second kappa shape index (κ2) is 6.87. The van der Waals surface area contributed by atoms with Gasteiger partial charge in [0.25, 0.3) is 0 Å². The number of ether oxygens (including phenoxy) is 1. The Morgan fingerprint density at radius 2 is 1.95 bits per heavy atom. The molecule has 0 unspecified atom stereocenters. The van der Waals surface area contributed by atoms with Crippen LogP contribution in [0.5, 0.6) is 0 Å². The van der Waals surface area contributed by atoms with Gasteiger partial charge in [-0.1, -0.05) is 33.3 Å². The van der Waals surface area contributed by atoms with E-state index in [0.29, 0.717) is 24.3 Å². The number of pyridine rings is 1. The molecule has 3 atom stereocenters. The van der Waals surface area contributed by atoms with Crippen molar-refractivity contribution >= 4 is 5.97 Å². The van der Waals surface area contributed by atoms with Crippen LogP contribution in [0.1, 0.15) is 40.0 Å². The van der Waals surface area contributed by atoms with E-state index in [1.54, 1.807) is 0 Å². The predicted octanol–water partition coefficient (Wildman–Crippen LogP) is 2.98. The highest BCUT2D eigenvalue weighted by Crippen LogP contribution is 2.35. The Kier molecular flexibility index (Phi) is 5.16. The average molecular weight is 276 g/mol. The molecule has 0 bridgehead atoms. The maximum atomic E-state index is 12.1.